The Kier molecular flexibility index (Phi) is 2.78. The Labute approximate surface area is 100.0 Å². The van der Waals surface area contributed by atoms with Gasteiger partial charge in [-0.3, -0.25) is 0 Å². The fourth-order valence-electron chi connectivity index (χ4n) is 1.50. The highest BCUT2D eigenvalue weighted by Gasteiger charge is 2.11. The van der Waals surface area contributed by atoms with Crippen LogP contribution in [-0.2, 0) is 0 Å². The third-order valence-corrected chi connectivity index (χ3v) is 2.83. The molecule has 0 aliphatic rings. The predicted molar refractivity (Wildman–Crippen MR) is 63.0 cm³/mol. The summed E-state index contributed by atoms with van der Waals surface area (Å²) in [6.45, 7) is 0. The Morgan fingerprint density at radius 1 is 1.44 bits per heavy atom. The van der Waals surface area contributed by atoms with Gasteiger partial charge < -0.3 is 9.84 Å². The Bertz CT molecular complexity index is 568. The minimum Gasteiger partial charge on any atom is -0.496 e. The molecule has 0 spiro atoms. The van der Waals surface area contributed by atoms with Crippen LogP contribution in [0.3, 0.4) is 0 Å². The zero-order valence-corrected chi connectivity index (χ0v) is 9.98. The van der Waals surface area contributed by atoms with Crippen molar-refractivity contribution in [3.05, 3.63) is 34.6 Å². The van der Waals surface area contributed by atoms with Crippen LogP contribution >= 0.6 is 15.9 Å². The lowest BCUT2D eigenvalue weighted by molar-refractivity contribution is 0.0690. The number of carboxylic acid groups (broad SMARTS) is 1. The largest absolute Gasteiger partial charge is 0.496 e. The highest BCUT2D eigenvalue weighted by Crippen LogP contribution is 2.30. The van der Waals surface area contributed by atoms with Gasteiger partial charge in [-0.25, -0.2) is 9.78 Å². The molecule has 0 unspecified atom stereocenters. The molecule has 0 aliphatic carbocycles. The van der Waals surface area contributed by atoms with Crippen LogP contribution in [0.1, 0.15) is 10.5 Å². The van der Waals surface area contributed by atoms with Gasteiger partial charge in [0.25, 0.3) is 0 Å². The Morgan fingerprint density at radius 2 is 2.19 bits per heavy atom. The molecule has 16 heavy (non-hydrogen) atoms. The molecule has 0 saturated carbocycles. The van der Waals surface area contributed by atoms with Crippen LogP contribution < -0.4 is 4.74 Å². The van der Waals surface area contributed by atoms with Crippen LogP contribution in [-0.4, -0.2) is 23.2 Å². The average molecular weight is 282 g/mol. The number of halogens is 1. The van der Waals surface area contributed by atoms with Gasteiger partial charge in [0.2, 0.25) is 0 Å². The van der Waals surface area contributed by atoms with Crippen molar-refractivity contribution in [3.63, 3.8) is 0 Å². The number of pyridine rings is 1. The zero-order chi connectivity index (χ0) is 11.7. The van der Waals surface area contributed by atoms with Crippen molar-refractivity contribution in [1.29, 1.82) is 0 Å². The van der Waals surface area contributed by atoms with Crippen molar-refractivity contribution < 1.29 is 14.6 Å². The maximum absolute atomic E-state index is 10.9. The predicted octanol–water partition coefficient (Wildman–Crippen LogP) is 2.70. The van der Waals surface area contributed by atoms with E-state index in [4.69, 9.17) is 9.84 Å². The SMILES string of the molecule is COc1cccc2c(Br)nc(C(=O)O)cc12. The van der Waals surface area contributed by atoms with Gasteiger partial charge in [0.1, 0.15) is 16.0 Å². The van der Waals surface area contributed by atoms with Gasteiger partial charge in [-0.1, -0.05) is 12.1 Å². The molecular formula is C11H8BrNO3. The van der Waals surface area contributed by atoms with Crippen LogP contribution in [0, 0.1) is 0 Å². The first-order valence-electron chi connectivity index (χ1n) is 4.50. The van der Waals surface area contributed by atoms with Crippen molar-refractivity contribution in [3.8, 4) is 5.75 Å². The van der Waals surface area contributed by atoms with Crippen LogP contribution in [0.4, 0.5) is 0 Å². The summed E-state index contributed by atoms with van der Waals surface area (Å²) < 4.78 is 5.68. The summed E-state index contributed by atoms with van der Waals surface area (Å²) in [6.07, 6.45) is 0. The van der Waals surface area contributed by atoms with E-state index in [9.17, 15) is 4.79 Å². The van der Waals surface area contributed by atoms with Gasteiger partial charge in [-0.2, -0.15) is 0 Å². The Hall–Kier alpha value is -1.62. The van der Waals surface area contributed by atoms with Crippen LogP contribution in [0.2, 0.25) is 0 Å². The van der Waals surface area contributed by atoms with Gasteiger partial charge in [-0.15, -0.1) is 0 Å². The Balaban J connectivity index is 2.82. The first-order chi connectivity index (χ1) is 7.63. The molecule has 0 atom stereocenters. The van der Waals surface area contributed by atoms with E-state index in [-0.39, 0.29) is 5.69 Å². The molecule has 82 valence electrons. The van der Waals surface area contributed by atoms with Gasteiger partial charge in [0, 0.05) is 10.8 Å². The van der Waals surface area contributed by atoms with E-state index in [0.29, 0.717) is 10.4 Å². The maximum Gasteiger partial charge on any atom is 0.354 e. The van der Waals surface area contributed by atoms with Crippen molar-refractivity contribution in [1.82, 2.24) is 4.98 Å². The summed E-state index contributed by atoms with van der Waals surface area (Å²) in [4.78, 5) is 14.8. The molecule has 1 heterocycles. The summed E-state index contributed by atoms with van der Waals surface area (Å²) in [7, 11) is 1.55. The molecule has 1 N–H and O–H groups in total. The number of benzene rings is 1. The second kappa shape index (κ2) is 4.09. The van der Waals surface area contributed by atoms with Crippen LogP contribution in [0.15, 0.2) is 28.9 Å². The molecule has 0 aliphatic heterocycles. The molecular weight excluding hydrogens is 274 g/mol. The van der Waals surface area contributed by atoms with Gasteiger partial charge in [-0.05, 0) is 28.1 Å². The molecule has 4 nitrogen and oxygen atoms in total. The third-order valence-electron chi connectivity index (χ3n) is 2.23. The van der Waals surface area contributed by atoms with E-state index < -0.39 is 5.97 Å². The number of ether oxygens (including phenoxy) is 1. The molecule has 1 aromatic heterocycles. The highest BCUT2D eigenvalue weighted by atomic mass is 79.9. The monoisotopic (exact) mass is 281 g/mol. The number of hydrogen-bond acceptors (Lipinski definition) is 3. The Morgan fingerprint density at radius 3 is 2.81 bits per heavy atom. The molecule has 1 aromatic carbocycles. The topological polar surface area (TPSA) is 59.4 Å². The number of fused-ring (bicyclic) bond motifs is 1. The summed E-state index contributed by atoms with van der Waals surface area (Å²) in [5.74, 6) is -0.434. The van der Waals surface area contributed by atoms with E-state index in [1.165, 1.54) is 6.07 Å². The normalized spacial score (nSPS) is 10.4. The minimum absolute atomic E-state index is 0.0103. The lowest BCUT2D eigenvalue weighted by Crippen LogP contribution is -2.01. The van der Waals surface area contributed by atoms with Crippen molar-refractivity contribution >= 4 is 32.7 Å². The molecule has 2 aromatic rings. The number of methoxy groups -OCH3 is 1. The summed E-state index contributed by atoms with van der Waals surface area (Å²) in [5, 5.41) is 10.5. The molecule has 0 saturated heterocycles. The van der Waals surface area contributed by atoms with Gasteiger partial charge >= 0.3 is 5.97 Å². The average Bonchev–Trinajstić information content (AvgIpc) is 2.28. The number of nitrogens with zero attached hydrogens (tertiary/aromatic N) is 1. The molecule has 0 amide bonds. The van der Waals surface area contributed by atoms with Gasteiger partial charge in [0.05, 0.1) is 7.11 Å². The standard InChI is InChI=1S/C11H8BrNO3/c1-16-9-4-2-3-6-7(9)5-8(11(14)15)13-10(6)12/h2-5H,1H3,(H,14,15). The second-order valence-electron chi connectivity index (χ2n) is 3.16. The minimum atomic E-state index is -1.06. The summed E-state index contributed by atoms with van der Waals surface area (Å²) in [6, 6.07) is 6.95. The van der Waals surface area contributed by atoms with Crippen LogP contribution in [0.25, 0.3) is 10.8 Å². The molecule has 0 fully saturated rings. The second-order valence-corrected chi connectivity index (χ2v) is 3.91. The summed E-state index contributed by atoms with van der Waals surface area (Å²) in [5.41, 5.74) is -0.0103. The van der Waals surface area contributed by atoms with E-state index in [1.54, 1.807) is 13.2 Å². The van der Waals surface area contributed by atoms with Crippen molar-refractivity contribution in [2.45, 2.75) is 0 Å². The first-order valence-corrected chi connectivity index (χ1v) is 5.29. The molecule has 0 radical (unpaired) electrons. The van der Waals surface area contributed by atoms with E-state index in [2.05, 4.69) is 20.9 Å². The number of carboxylic acids is 1. The first kappa shape index (κ1) is 10.9. The molecule has 2 rings (SSSR count). The highest BCUT2D eigenvalue weighted by molar-refractivity contribution is 9.10. The van der Waals surface area contributed by atoms with E-state index in [0.717, 1.165) is 10.8 Å². The van der Waals surface area contributed by atoms with E-state index >= 15 is 0 Å². The quantitative estimate of drug-likeness (QED) is 0.860. The maximum atomic E-state index is 10.9. The molecule has 5 heteroatoms. The fourth-order valence-corrected chi connectivity index (χ4v) is 2.03. The fraction of sp³-hybridized carbons (Fsp3) is 0.0909. The van der Waals surface area contributed by atoms with E-state index in [1.807, 2.05) is 12.1 Å². The lowest BCUT2D eigenvalue weighted by Gasteiger charge is -2.07. The molecule has 0 bridgehead atoms. The number of hydrogen-bond donors (Lipinski definition) is 1. The number of rotatable bonds is 2. The smallest absolute Gasteiger partial charge is 0.354 e. The number of aromatic nitrogens is 1. The number of carbonyl (C=O) groups is 1. The van der Waals surface area contributed by atoms with Crippen LogP contribution in [0.5, 0.6) is 5.75 Å². The van der Waals surface area contributed by atoms with Crippen molar-refractivity contribution in [2.75, 3.05) is 7.11 Å². The summed E-state index contributed by atoms with van der Waals surface area (Å²) >= 11 is 3.25. The van der Waals surface area contributed by atoms with Crippen molar-refractivity contribution in [2.24, 2.45) is 0 Å². The van der Waals surface area contributed by atoms with Gasteiger partial charge in [0.15, 0.2) is 0 Å². The number of aromatic carboxylic acids is 1. The zero-order valence-electron chi connectivity index (χ0n) is 8.40. The third kappa shape index (κ3) is 1.74. The lowest BCUT2D eigenvalue weighted by atomic mass is 10.1.